The summed E-state index contributed by atoms with van der Waals surface area (Å²) in [5.41, 5.74) is 1.81. The molecule has 27 heavy (non-hydrogen) atoms. The minimum absolute atomic E-state index is 0.0263. The molecule has 2 aromatic carbocycles. The normalized spacial score (nSPS) is 19.9. The van der Waals surface area contributed by atoms with Crippen molar-refractivity contribution in [2.45, 2.75) is 0 Å². The van der Waals surface area contributed by atoms with E-state index in [9.17, 15) is 4.79 Å². The van der Waals surface area contributed by atoms with Gasteiger partial charge >= 0.3 is 0 Å². The van der Waals surface area contributed by atoms with Crippen LogP contribution in [0, 0.1) is 0 Å². The lowest BCUT2D eigenvalue weighted by molar-refractivity contribution is -1.01. The molecule has 4 nitrogen and oxygen atoms in total. The largest absolute Gasteiger partial charge is 0.322 e. The smallest absolute Gasteiger partial charge is 0.279 e. The highest BCUT2D eigenvalue weighted by Gasteiger charge is 2.24. The first-order valence-electron chi connectivity index (χ1n) is 9.24. The Hall–Kier alpha value is -1.85. The molecule has 6 heteroatoms. The number of rotatable bonds is 6. The van der Waals surface area contributed by atoms with Crippen LogP contribution in [0.25, 0.3) is 6.08 Å². The summed E-state index contributed by atoms with van der Waals surface area (Å²) in [6.45, 7) is 5.60. The molecule has 3 N–H and O–H groups in total. The van der Waals surface area contributed by atoms with Crippen LogP contribution in [-0.4, -0.2) is 45.2 Å². The fraction of sp³-hybridized carbons (Fsp3) is 0.286. The van der Waals surface area contributed by atoms with E-state index in [-0.39, 0.29) is 5.91 Å². The number of benzene rings is 2. The van der Waals surface area contributed by atoms with Gasteiger partial charge in [-0.25, -0.2) is 0 Å². The van der Waals surface area contributed by atoms with E-state index in [0.29, 0.717) is 22.3 Å². The molecule has 0 radical (unpaired) electrons. The van der Waals surface area contributed by atoms with Crippen molar-refractivity contribution in [2.75, 3.05) is 44.6 Å². The molecule has 0 spiro atoms. The maximum absolute atomic E-state index is 12.3. The molecule has 1 aliphatic rings. The highest BCUT2D eigenvalue weighted by molar-refractivity contribution is 6.43. The fourth-order valence-electron chi connectivity index (χ4n) is 3.29. The number of anilines is 1. The second-order valence-electron chi connectivity index (χ2n) is 6.84. The monoisotopic (exact) mass is 405 g/mol. The first-order valence-corrected chi connectivity index (χ1v) is 10.00. The average Bonchev–Trinajstić information content (AvgIpc) is 2.68. The van der Waals surface area contributed by atoms with Crippen molar-refractivity contribution in [1.82, 2.24) is 0 Å². The van der Waals surface area contributed by atoms with Crippen LogP contribution in [0.5, 0.6) is 0 Å². The molecule has 142 valence electrons. The van der Waals surface area contributed by atoms with E-state index in [0.717, 1.165) is 32.7 Å². The molecule has 0 aliphatic carbocycles. The maximum Gasteiger partial charge on any atom is 0.279 e. The lowest BCUT2D eigenvalue weighted by Gasteiger charge is -2.28. The van der Waals surface area contributed by atoms with E-state index in [4.69, 9.17) is 23.2 Å². The molecule has 2 aromatic rings. The molecule has 1 heterocycles. The predicted molar refractivity (Wildman–Crippen MR) is 112 cm³/mol. The van der Waals surface area contributed by atoms with Crippen molar-refractivity contribution < 1.29 is 14.6 Å². The van der Waals surface area contributed by atoms with E-state index < -0.39 is 0 Å². The summed E-state index contributed by atoms with van der Waals surface area (Å²) in [6.07, 6.45) is 4.41. The van der Waals surface area contributed by atoms with Crippen molar-refractivity contribution in [3.63, 3.8) is 0 Å². The third kappa shape index (κ3) is 6.08. The number of carbonyl (C=O) groups excluding carboxylic acids is 1. The number of nitrogens with one attached hydrogen (secondary N) is 3. The molecule has 0 bridgehead atoms. The van der Waals surface area contributed by atoms with Crippen molar-refractivity contribution in [3.05, 3.63) is 70.2 Å². The summed E-state index contributed by atoms with van der Waals surface area (Å²) in [5.74, 6) is -0.0263. The SMILES string of the molecule is O=C(C[NH+]1CC[NH+](C/C=C/c2ccccc2)CC1)Nc1cccc(Cl)c1Cl. The minimum atomic E-state index is -0.0263. The standard InChI is InChI=1S/C21H23Cl2N3O/c22-18-9-4-10-19(21(18)23)24-20(27)16-26-14-12-25(13-15-26)11-5-8-17-6-2-1-3-7-17/h1-10H,11-16H2,(H,24,27)/p+2/b8-5+. The van der Waals surface area contributed by atoms with Gasteiger partial charge < -0.3 is 15.1 Å². The van der Waals surface area contributed by atoms with Crippen LogP contribution in [0.1, 0.15) is 5.56 Å². The minimum Gasteiger partial charge on any atom is -0.322 e. The highest BCUT2D eigenvalue weighted by atomic mass is 35.5. The molecule has 3 rings (SSSR count). The number of halogens is 2. The summed E-state index contributed by atoms with van der Waals surface area (Å²) in [5, 5.41) is 3.71. The van der Waals surface area contributed by atoms with Crippen LogP contribution < -0.4 is 15.1 Å². The van der Waals surface area contributed by atoms with E-state index in [1.165, 1.54) is 10.5 Å². The van der Waals surface area contributed by atoms with Gasteiger partial charge in [-0.2, -0.15) is 0 Å². The van der Waals surface area contributed by atoms with Gasteiger partial charge in [0.1, 0.15) is 26.2 Å². The number of quaternary nitrogens is 2. The lowest BCUT2D eigenvalue weighted by atomic mass is 10.2. The summed E-state index contributed by atoms with van der Waals surface area (Å²) < 4.78 is 0. The third-order valence-corrected chi connectivity index (χ3v) is 5.64. The van der Waals surface area contributed by atoms with Gasteiger partial charge in [-0.3, -0.25) is 4.79 Å². The Bertz CT molecular complexity index is 787. The third-order valence-electron chi connectivity index (χ3n) is 4.82. The average molecular weight is 406 g/mol. The number of piperazine rings is 1. The predicted octanol–water partition coefficient (Wildman–Crippen LogP) is 1.43. The Labute approximate surface area is 170 Å². The number of hydrogen-bond acceptors (Lipinski definition) is 1. The first kappa shape index (κ1) is 19.9. The molecule has 0 atom stereocenters. The Morgan fingerprint density at radius 3 is 2.41 bits per heavy atom. The van der Waals surface area contributed by atoms with Crippen molar-refractivity contribution >= 4 is 40.9 Å². The Kier molecular flexibility index (Phi) is 7.30. The van der Waals surface area contributed by atoms with Gasteiger partial charge in [0.2, 0.25) is 0 Å². The number of hydrogen-bond donors (Lipinski definition) is 3. The number of carbonyl (C=O) groups is 1. The molecule has 0 unspecified atom stereocenters. The van der Waals surface area contributed by atoms with Gasteiger partial charge in [0.25, 0.3) is 5.91 Å². The summed E-state index contributed by atoms with van der Waals surface area (Å²) in [7, 11) is 0. The van der Waals surface area contributed by atoms with Gasteiger partial charge in [-0.15, -0.1) is 0 Å². The maximum atomic E-state index is 12.3. The molecule has 1 saturated heterocycles. The van der Waals surface area contributed by atoms with Crippen LogP contribution in [0.2, 0.25) is 10.0 Å². The molecule has 1 amide bonds. The fourth-order valence-corrected chi connectivity index (χ4v) is 3.63. The van der Waals surface area contributed by atoms with E-state index >= 15 is 0 Å². The molecular formula is C21H25Cl2N3O+2. The van der Waals surface area contributed by atoms with Crippen LogP contribution in [0.3, 0.4) is 0 Å². The summed E-state index contributed by atoms with van der Waals surface area (Å²) in [4.78, 5) is 15.2. The van der Waals surface area contributed by atoms with Crippen LogP contribution in [0.4, 0.5) is 5.69 Å². The Morgan fingerprint density at radius 2 is 1.67 bits per heavy atom. The van der Waals surface area contributed by atoms with Crippen LogP contribution in [-0.2, 0) is 4.79 Å². The van der Waals surface area contributed by atoms with E-state index in [2.05, 4.69) is 41.7 Å². The second kappa shape index (κ2) is 9.90. The van der Waals surface area contributed by atoms with Gasteiger partial charge in [-0.1, -0.05) is 65.7 Å². The van der Waals surface area contributed by atoms with Gasteiger partial charge in [-0.05, 0) is 23.8 Å². The van der Waals surface area contributed by atoms with Gasteiger partial charge in [0, 0.05) is 0 Å². The topological polar surface area (TPSA) is 38.0 Å². The molecule has 0 saturated carbocycles. The van der Waals surface area contributed by atoms with Crippen molar-refractivity contribution in [2.24, 2.45) is 0 Å². The lowest BCUT2D eigenvalue weighted by Crippen LogP contribution is -3.28. The van der Waals surface area contributed by atoms with Gasteiger partial charge in [0.15, 0.2) is 6.54 Å². The highest BCUT2D eigenvalue weighted by Crippen LogP contribution is 2.29. The second-order valence-corrected chi connectivity index (χ2v) is 7.63. The van der Waals surface area contributed by atoms with E-state index in [1.54, 1.807) is 23.1 Å². The molecular weight excluding hydrogens is 381 g/mol. The van der Waals surface area contributed by atoms with Crippen LogP contribution >= 0.6 is 23.2 Å². The zero-order valence-corrected chi connectivity index (χ0v) is 16.7. The Balaban J connectivity index is 1.40. The van der Waals surface area contributed by atoms with Crippen molar-refractivity contribution in [3.8, 4) is 0 Å². The molecule has 1 fully saturated rings. The van der Waals surface area contributed by atoms with Crippen LogP contribution in [0.15, 0.2) is 54.6 Å². The zero-order valence-electron chi connectivity index (χ0n) is 15.2. The quantitative estimate of drug-likeness (QED) is 0.667. The molecule has 1 aliphatic heterocycles. The summed E-state index contributed by atoms with van der Waals surface area (Å²) >= 11 is 12.1. The van der Waals surface area contributed by atoms with Gasteiger partial charge in [0.05, 0.1) is 22.3 Å². The number of amides is 1. The van der Waals surface area contributed by atoms with E-state index in [1.807, 2.05) is 6.07 Å². The van der Waals surface area contributed by atoms with Crippen molar-refractivity contribution in [1.29, 1.82) is 0 Å². The Morgan fingerprint density at radius 1 is 0.963 bits per heavy atom. The molecule has 0 aromatic heterocycles. The first-order chi connectivity index (χ1) is 13.1. The summed E-state index contributed by atoms with van der Waals surface area (Å²) in [6, 6.07) is 15.6. The zero-order chi connectivity index (χ0) is 19.1.